The van der Waals surface area contributed by atoms with Crippen molar-refractivity contribution < 1.29 is 28.9 Å². The van der Waals surface area contributed by atoms with Gasteiger partial charge in [0.15, 0.2) is 0 Å². The highest BCUT2D eigenvalue weighted by Crippen LogP contribution is 2.89. The number of hydrogen-bond acceptors (Lipinski definition) is 6. The van der Waals surface area contributed by atoms with Gasteiger partial charge in [0, 0.05) is 38.0 Å². The molecule has 5 aliphatic carbocycles. The van der Waals surface area contributed by atoms with E-state index in [2.05, 4.69) is 48.5 Å². The number of aliphatic hydroxyl groups excluding tert-OH is 1. The van der Waals surface area contributed by atoms with Crippen LogP contribution < -0.4 is 0 Å². The lowest BCUT2D eigenvalue weighted by Gasteiger charge is -2.63. The first-order chi connectivity index (χ1) is 21.0. The van der Waals surface area contributed by atoms with E-state index in [0.717, 1.165) is 58.0 Å². The van der Waals surface area contributed by atoms with Crippen molar-refractivity contribution >= 4 is 12.2 Å². The Kier molecular flexibility index (Phi) is 7.28. The molecule has 0 aromatic rings. The number of fused-ring (bicyclic) bond motifs is 4. The van der Waals surface area contributed by atoms with Gasteiger partial charge < -0.3 is 29.1 Å². The second-order valence-corrected chi connectivity index (χ2v) is 18.3. The van der Waals surface area contributed by atoms with Crippen LogP contribution in [-0.2, 0) is 14.2 Å². The number of carbonyl (C=O) groups excluding carboxylic acids is 2. The van der Waals surface area contributed by atoms with Crippen LogP contribution in [-0.4, -0.2) is 84.8 Å². The highest BCUT2D eigenvalue weighted by Gasteiger charge is 2.84. The predicted octanol–water partition coefficient (Wildman–Crippen LogP) is 6.73. The standard InChI is InChI=1S/C37H60N2O6/c1-21(2)28(45-32(42)39-17-10-18-39)23-19-22(3)27-29(43-23)30(40)35(7)25-12-11-24-33(4,5)26(44-31(41)38(8)9)13-14-36(24)20-37(25,36)16-15-34(27,35)6/h21-30,40H,10-20H2,1-9H3/t22-,23?,24+,25?,26+,27?,28-,29?,30+,34?,35-,36-,37+/m1/s1. The van der Waals surface area contributed by atoms with Crippen LogP contribution >= 0.6 is 0 Å². The molecular formula is C37H60N2O6. The first kappa shape index (κ1) is 32.0. The molecule has 0 bridgehead atoms. The van der Waals surface area contributed by atoms with Crippen LogP contribution in [0.1, 0.15) is 106 Å². The molecule has 13 atom stereocenters. The summed E-state index contributed by atoms with van der Waals surface area (Å²) in [5, 5.41) is 12.6. The molecule has 45 heavy (non-hydrogen) atoms. The van der Waals surface area contributed by atoms with E-state index in [1.54, 1.807) is 23.9 Å². The minimum Gasteiger partial charge on any atom is -0.446 e. The Morgan fingerprint density at radius 1 is 0.978 bits per heavy atom. The summed E-state index contributed by atoms with van der Waals surface area (Å²) in [5.41, 5.74) is 0.206. The van der Waals surface area contributed by atoms with Crippen LogP contribution in [0.15, 0.2) is 0 Å². The monoisotopic (exact) mass is 628 g/mol. The maximum absolute atomic E-state index is 12.9. The van der Waals surface area contributed by atoms with E-state index in [1.165, 1.54) is 12.8 Å². The Hall–Kier alpha value is -1.54. The first-order valence-corrected chi connectivity index (χ1v) is 18.2. The van der Waals surface area contributed by atoms with Gasteiger partial charge in [0.25, 0.3) is 0 Å². The van der Waals surface area contributed by atoms with Crippen molar-refractivity contribution in [3.63, 3.8) is 0 Å². The summed E-state index contributed by atoms with van der Waals surface area (Å²) in [6.45, 7) is 17.8. The summed E-state index contributed by atoms with van der Waals surface area (Å²) < 4.78 is 19.2. The maximum Gasteiger partial charge on any atom is 0.410 e. The highest BCUT2D eigenvalue weighted by molar-refractivity contribution is 5.68. The highest BCUT2D eigenvalue weighted by atomic mass is 16.6. The summed E-state index contributed by atoms with van der Waals surface area (Å²) in [4.78, 5) is 28.8. The van der Waals surface area contributed by atoms with Gasteiger partial charge in [0.2, 0.25) is 0 Å². The molecule has 5 saturated carbocycles. The van der Waals surface area contributed by atoms with E-state index in [1.807, 2.05) is 0 Å². The number of likely N-dealkylation sites (tertiary alicyclic amines) is 1. The third kappa shape index (κ3) is 4.08. The molecule has 2 heterocycles. The number of amides is 2. The van der Waals surface area contributed by atoms with Crippen LogP contribution in [0.2, 0.25) is 0 Å². The average molecular weight is 629 g/mol. The van der Waals surface area contributed by atoms with E-state index in [-0.39, 0.29) is 75.5 Å². The van der Waals surface area contributed by atoms with Gasteiger partial charge in [-0.2, -0.15) is 0 Å². The van der Waals surface area contributed by atoms with Crippen molar-refractivity contribution in [1.82, 2.24) is 9.80 Å². The van der Waals surface area contributed by atoms with Gasteiger partial charge in [-0.25, -0.2) is 9.59 Å². The summed E-state index contributed by atoms with van der Waals surface area (Å²) in [6, 6.07) is 0. The third-order valence-corrected chi connectivity index (χ3v) is 15.7. The largest absolute Gasteiger partial charge is 0.446 e. The van der Waals surface area contributed by atoms with Crippen molar-refractivity contribution in [3.8, 4) is 0 Å². The molecule has 8 nitrogen and oxygen atoms in total. The van der Waals surface area contributed by atoms with Gasteiger partial charge in [-0.3, -0.25) is 0 Å². The minimum atomic E-state index is -0.543. The zero-order valence-corrected chi connectivity index (χ0v) is 29.4. The fourth-order valence-electron chi connectivity index (χ4n) is 13.3. The number of carbonyl (C=O) groups is 2. The molecule has 254 valence electrons. The number of nitrogens with zero attached hydrogens (tertiary/aromatic N) is 2. The number of aliphatic hydroxyl groups is 1. The van der Waals surface area contributed by atoms with Crippen LogP contribution in [0.25, 0.3) is 0 Å². The maximum atomic E-state index is 12.9. The minimum absolute atomic E-state index is 0.0103. The zero-order chi connectivity index (χ0) is 32.5. The van der Waals surface area contributed by atoms with E-state index >= 15 is 0 Å². The van der Waals surface area contributed by atoms with Gasteiger partial charge in [0.05, 0.1) is 18.3 Å². The Bertz CT molecular complexity index is 1220. The van der Waals surface area contributed by atoms with Crippen LogP contribution in [0.5, 0.6) is 0 Å². The summed E-state index contributed by atoms with van der Waals surface area (Å²) in [6.07, 6.45) is 7.99. The SMILES string of the molecule is CC(C)[C@@H](OC(=O)N1CCC1)C1C[C@@H](C)C2C(O1)[C@H](O)[C@@]1(C)C3CC[C@H]4C(C)(C)[C@@H](OC(=O)N(C)C)CC[C@@]45C[C@@]35CCC21C. The van der Waals surface area contributed by atoms with Gasteiger partial charge in [-0.1, -0.05) is 48.5 Å². The van der Waals surface area contributed by atoms with Gasteiger partial charge in [-0.15, -0.1) is 0 Å². The van der Waals surface area contributed by atoms with E-state index in [9.17, 15) is 14.7 Å². The fraction of sp³-hybridized carbons (Fsp3) is 0.946. The van der Waals surface area contributed by atoms with E-state index < -0.39 is 6.10 Å². The molecule has 0 aromatic carbocycles. The molecule has 2 spiro atoms. The van der Waals surface area contributed by atoms with Crippen LogP contribution in [0.4, 0.5) is 9.59 Å². The quantitative estimate of drug-likeness (QED) is 0.371. The van der Waals surface area contributed by atoms with Crippen LogP contribution in [0.3, 0.4) is 0 Å². The molecule has 2 amide bonds. The lowest BCUT2D eigenvalue weighted by molar-refractivity contribution is -0.185. The molecule has 1 N–H and O–H groups in total. The van der Waals surface area contributed by atoms with Crippen molar-refractivity contribution in [3.05, 3.63) is 0 Å². The zero-order valence-electron chi connectivity index (χ0n) is 29.4. The molecule has 0 aromatic heterocycles. The smallest absolute Gasteiger partial charge is 0.410 e. The van der Waals surface area contributed by atoms with E-state index in [0.29, 0.717) is 17.8 Å². The topological polar surface area (TPSA) is 88.5 Å². The lowest BCUT2D eigenvalue weighted by Crippen LogP contribution is -2.60. The van der Waals surface area contributed by atoms with Crippen molar-refractivity contribution in [2.75, 3.05) is 27.2 Å². The molecule has 2 saturated heterocycles. The Morgan fingerprint density at radius 2 is 1.64 bits per heavy atom. The molecule has 0 radical (unpaired) electrons. The molecule has 7 rings (SSSR count). The summed E-state index contributed by atoms with van der Waals surface area (Å²) >= 11 is 0. The third-order valence-electron chi connectivity index (χ3n) is 15.7. The number of ether oxygens (including phenoxy) is 3. The Labute approximate surface area is 271 Å². The van der Waals surface area contributed by atoms with Gasteiger partial charge in [-0.05, 0) is 104 Å². The summed E-state index contributed by atoms with van der Waals surface area (Å²) in [7, 11) is 3.53. The van der Waals surface area contributed by atoms with Gasteiger partial charge >= 0.3 is 12.2 Å². The number of hydrogen-bond donors (Lipinski definition) is 1. The normalized spacial score (nSPS) is 49.7. The second kappa shape index (κ2) is 10.2. The average Bonchev–Trinajstić information content (AvgIpc) is 3.56. The Balaban J connectivity index is 1.15. The van der Waals surface area contributed by atoms with Gasteiger partial charge in [0.1, 0.15) is 12.2 Å². The molecule has 8 heteroatoms. The van der Waals surface area contributed by atoms with Crippen molar-refractivity contribution in [2.45, 2.75) is 137 Å². The lowest BCUT2D eigenvalue weighted by atomic mass is 9.41. The second-order valence-electron chi connectivity index (χ2n) is 18.3. The van der Waals surface area contributed by atoms with E-state index in [4.69, 9.17) is 14.2 Å². The molecular weight excluding hydrogens is 568 g/mol. The number of rotatable bonds is 4. The van der Waals surface area contributed by atoms with Crippen molar-refractivity contribution in [1.29, 1.82) is 0 Å². The van der Waals surface area contributed by atoms with Crippen LogP contribution in [0, 0.1) is 56.7 Å². The van der Waals surface area contributed by atoms with Crippen molar-refractivity contribution in [2.24, 2.45) is 56.7 Å². The summed E-state index contributed by atoms with van der Waals surface area (Å²) in [5.74, 6) is 1.78. The molecule has 7 fully saturated rings. The molecule has 7 aliphatic rings. The predicted molar refractivity (Wildman–Crippen MR) is 171 cm³/mol. The molecule has 2 aliphatic heterocycles. The fourth-order valence-corrected chi connectivity index (χ4v) is 13.3. The molecule has 5 unspecified atom stereocenters. The Morgan fingerprint density at radius 3 is 2.27 bits per heavy atom. The first-order valence-electron chi connectivity index (χ1n) is 18.2.